The summed E-state index contributed by atoms with van der Waals surface area (Å²) in [5.41, 5.74) is 0.925. The molecule has 0 spiro atoms. The molecule has 1 saturated heterocycles. The highest BCUT2D eigenvalue weighted by molar-refractivity contribution is 7.76. The van der Waals surface area contributed by atoms with Gasteiger partial charge in [0.1, 0.15) is 6.04 Å². The third-order valence-corrected chi connectivity index (χ3v) is 8.83. The van der Waals surface area contributed by atoms with Crippen LogP contribution < -0.4 is 10.6 Å². The van der Waals surface area contributed by atoms with Crippen molar-refractivity contribution < 1.29 is 23.6 Å². The van der Waals surface area contributed by atoms with Gasteiger partial charge in [-0.3, -0.25) is 9.36 Å². The molecule has 1 aliphatic heterocycles. The van der Waals surface area contributed by atoms with Gasteiger partial charge in [0.2, 0.25) is 13.7 Å². The van der Waals surface area contributed by atoms with Crippen LogP contribution in [0.25, 0.3) is 0 Å². The van der Waals surface area contributed by atoms with E-state index in [2.05, 4.69) is 0 Å². The Morgan fingerprint density at radius 2 is 1.41 bits per heavy atom. The predicted octanol–water partition coefficient (Wildman–Crippen LogP) is 4.11. The van der Waals surface area contributed by atoms with Crippen molar-refractivity contribution in [2.75, 3.05) is 19.8 Å². The van der Waals surface area contributed by atoms with Crippen molar-refractivity contribution in [3.63, 3.8) is 0 Å². The van der Waals surface area contributed by atoms with E-state index in [9.17, 15) is 4.79 Å². The second-order valence-corrected chi connectivity index (χ2v) is 10.6. The molecule has 1 fully saturated rings. The number of nitrogens with zero attached hydrogens (tertiary/aromatic N) is 1. The largest absolute Gasteiger partial charge is 0.465 e. The zero-order valence-corrected chi connectivity index (χ0v) is 20.2. The molecule has 0 bridgehead atoms. The number of ether oxygens (including phenoxy) is 3. The van der Waals surface area contributed by atoms with Gasteiger partial charge in [0.05, 0.1) is 19.8 Å². The number of rotatable bonds is 9. The molecule has 34 heavy (non-hydrogen) atoms. The minimum atomic E-state index is -3.59. The lowest BCUT2D eigenvalue weighted by Gasteiger charge is -2.42. The van der Waals surface area contributed by atoms with Gasteiger partial charge in [-0.15, -0.1) is 0 Å². The van der Waals surface area contributed by atoms with E-state index in [-0.39, 0.29) is 6.61 Å². The second-order valence-electron chi connectivity index (χ2n) is 7.99. The lowest BCUT2D eigenvalue weighted by molar-refractivity contribution is -0.237. The van der Waals surface area contributed by atoms with Crippen molar-refractivity contribution in [3.8, 4) is 0 Å². The number of hydrogen-bond acceptors (Lipinski definition) is 5. The van der Waals surface area contributed by atoms with Crippen LogP contribution in [0, 0.1) is 0 Å². The van der Waals surface area contributed by atoms with Gasteiger partial charge in [-0.2, -0.15) is 4.67 Å². The van der Waals surface area contributed by atoms with E-state index in [1.807, 2.05) is 91.0 Å². The van der Waals surface area contributed by atoms with Gasteiger partial charge in [0.15, 0.2) is 0 Å². The highest BCUT2D eigenvalue weighted by Gasteiger charge is 2.48. The number of hydrogen-bond donors (Lipinski definition) is 0. The first-order valence-corrected chi connectivity index (χ1v) is 13.2. The average Bonchev–Trinajstić information content (AvgIpc) is 2.90. The molecule has 0 saturated carbocycles. The molecule has 4 rings (SSSR count). The summed E-state index contributed by atoms with van der Waals surface area (Å²) in [5.74, 6) is -0.462. The van der Waals surface area contributed by atoms with Crippen molar-refractivity contribution in [3.05, 3.63) is 96.6 Å². The summed E-state index contributed by atoms with van der Waals surface area (Å²) >= 11 is 0. The molecule has 3 aromatic rings. The first kappa shape index (κ1) is 24.4. The molecular weight excluding hydrogens is 449 g/mol. The first-order chi connectivity index (χ1) is 16.6. The summed E-state index contributed by atoms with van der Waals surface area (Å²) in [6, 6.07) is 27.2. The van der Waals surface area contributed by atoms with Gasteiger partial charge in [-0.1, -0.05) is 66.7 Å². The Kier molecular flexibility index (Phi) is 8.30. The number of benzene rings is 3. The van der Waals surface area contributed by atoms with Gasteiger partial charge in [0.25, 0.3) is 0 Å². The van der Waals surface area contributed by atoms with Crippen LogP contribution in [0.5, 0.6) is 0 Å². The molecule has 0 N–H and O–H groups in total. The van der Waals surface area contributed by atoms with Crippen LogP contribution in [-0.2, 0) is 30.0 Å². The van der Waals surface area contributed by atoms with Crippen molar-refractivity contribution in [2.24, 2.45) is 0 Å². The van der Waals surface area contributed by atoms with Crippen molar-refractivity contribution in [1.82, 2.24) is 4.67 Å². The van der Waals surface area contributed by atoms with Crippen molar-refractivity contribution in [2.45, 2.75) is 32.2 Å². The lowest BCUT2D eigenvalue weighted by atomic mass is 10.1. The van der Waals surface area contributed by atoms with E-state index in [4.69, 9.17) is 14.2 Å². The van der Waals surface area contributed by atoms with Crippen LogP contribution in [0.1, 0.15) is 18.9 Å². The third-order valence-electron chi connectivity index (χ3n) is 5.71. The summed E-state index contributed by atoms with van der Waals surface area (Å²) < 4.78 is 34.4. The summed E-state index contributed by atoms with van der Waals surface area (Å²) in [5, 5.41) is 1.20. The van der Waals surface area contributed by atoms with Gasteiger partial charge < -0.3 is 14.2 Å². The zero-order valence-electron chi connectivity index (χ0n) is 19.3. The zero-order chi connectivity index (χ0) is 23.8. The standard InChI is InChI=1S/C27H30NO5P/c1-2-31-26(29)25(21-22-13-6-3-7-14-22)28(27-32-19-12-20-33-27)34(30,23-15-8-4-9-16-23)24-17-10-5-11-18-24/h3-11,13-18,25,27H,2,12,19-21H2,1H3/t25-/m0/s1. The lowest BCUT2D eigenvalue weighted by Crippen LogP contribution is -2.53. The molecule has 1 heterocycles. The van der Waals surface area contributed by atoms with E-state index in [1.165, 1.54) is 0 Å². The fraction of sp³-hybridized carbons (Fsp3) is 0.296. The maximum Gasteiger partial charge on any atom is 0.324 e. The van der Waals surface area contributed by atoms with Gasteiger partial charge in [0, 0.05) is 10.6 Å². The maximum atomic E-state index is 15.3. The van der Waals surface area contributed by atoms with Crippen molar-refractivity contribution >= 4 is 23.9 Å². The SMILES string of the molecule is CCOC(=O)[C@H](Cc1ccccc1)N(C1OCCCO1)P(=O)(c1ccccc1)c1ccccc1. The number of carbonyl (C=O) groups is 1. The van der Waals surface area contributed by atoms with Crippen molar-refractivity contribution in [1.29, 1.82) is 0 Å². The Labute approximate surface area is 200 Å². The Bertz CT molecular complexity index is 1040. The molecule has 0 amide bonds. The Balaban J connectivity index is 1.91. The quantitative estimate of drug-likeness (QED) is 0.340. The molecule has 0 unspecified atom stereocenters. The Morgan fingerprint density at radius 3 is 1.91 bits per heavy atom. The second kappa shape index (κ2) is 11.6. The fourth-order valence-electron chi connectivity index (χ4n) is 4.14. The summed E-state index contributed by atoms with van der Waals surface area (Å²) in [4.78, 5) is 13.4. The molecule has 3 aromatic carbocycles. The number of esters is 1. The smallest absolute Gasteiger partial charge is 0.324 e. The summed E-state index contributed by atoms with van der Waals surface area (Å²) in [7, 11) is -3.59. The van der Waals surface area contributed by atoms with Crippen LogP contribution in [0.15, 0.2) is 91.0 Å². The van der Waals surface area contributed by atoms with E-state index >= 15 is 4.57 Å². The van der Waals surface area contributed by atoms with Gasteiger partial charge >= 0.3 is 5.97 Å². The van der Waals surface area contributed by atoms with E-state index in [0.29, 0.717) is 30.2 Å². The minimum absolute atomic E-state index is 0.214. The molecule has 0 aromatic heterocycles. The first-order valence-electron chi connectivity index (χ1n) is 11.6. The molecule has 0 radical (unpaired) electrons. The van der Waals surface area contributed by atoms with E-state index in [0.717, 1.165) is 12.0 Å². The molecule has 1 aliphatic rings. The fourth-order valence-corrected chi connectivity index (χ4v) is 7.09. The Morgan fingerprint density at radius 1 is 0.912 bits per heavy atom. The van der Waals surface area contributed by atoms with Crippen LogP contribution >= 0.6 is 7.29 Å². The molecule has 7 heteroatoms. The summed E-state index contributed by atoms with van der Waals surface area (Å²) in [6.07, 6.45) is 0.0683. The Hall–Kier alpha value is -2.76. The molecule has 0 aliphatic carbocycles. The van der Waals surface area contributed by atoms with Crippen LogP contribution in [0.2, 0.25) is 0 Å². The number of carbonyl (C=O) groups excluding carboxylic acids is 1. The average molecular weight is 480 g/mol. The maximum absolute atomic E-state index is 15.3. The molecular formula is C27H30NO5P. The molecule has 178 valence electrons. The van der Waals surface area contributed by atoms with Gasteiger partial charge in [-0.25, -0.2) is 0 Å². The van der Waals surface area contributed by atoms with Gasteiger partial charge in [-0.05, 0) is 49.6 Å². The van der Waals surface area contributed by atoms with E-state index < -0.39 is 25.7 Å². The predicted molar refractivity (Wildman–Crippen MR) is 132 cm³/mol. The monoisotopic (exact) mass is 479 g/mol. The van der Waals surface area contributed by atoms with Crippen LogP contribution in [0.4, 0.5) is 0 Å². The summed E-state index contributed by atoms with van der Waals surface area (Å²) in [6.45, 7) is 2.88. The van der Waals surface area contributed by atoms with E-state index in [1.54, 1.807) is 11.6 Å². The highest BCUT2D eigenvalue weighted by atomic mass is 31.2. The molecule has 6 nitrogen and oxygen atoms in total. The van der Waals surface area contributed by atoms with Crippen LogP contribution in [-0.4, -0.2) is 42.9 Å². The normalized spacial score (nSPS) is 15.7. The third kappa shape index (κ3) is 5.31. The van der Waals surface area contributed by atoms with Crippen LogP contribution in [0.3, 0.4) is 0 Å². The topological polar surface area (TPSA) is 65.1 Å². The molecule has 1 atom stereocenters. The minimum Gasteiger partial charge on any atom is -0.465 e. The highest BCUT2D eigenvalue weighted by Crippen LogP contribution is 2.51.